The molecule has 1 unspecified atom stereocenters. The second-order valence-corrected chi connectivity index (χ2v) is 6.34. The van der Waals surface area contributed by atoms with E-state index in [1.54, 1.807) is 13.8 Å². The lowest BCUT2D eigenvalue weighted by atomic mass is 10.2. The molecule has 6 nitrogen and oxygen atoms in total. The van der Waals surface area contributed by atoms with E-state index in [1.807, 2.05) is 6.07 Å². The van der Waals surface area contributed by atoms with E-state index in [0.717, 1.165) is 16.4 Å². The number of carboxylic acid groups (broad SMARTS) is 1. The highest BCUT2D eigenvalue weighted by atomic mass is 32.2. The van der Waals surface area contributed by atoms with Crippen LogP contribution in [0.25, 0.3) is 0 Å². The minimum atomic E-state index is -4.12. The Balaban J connectivity index is 3.23. The number of carbonyl (C=O) groups is 1. The van der Waals surface area contributed by atoms with Gasteiger partial charge < -0.3 is 5.11 Å². The van der Waals surface area contributed by atoms with Crippen LogP contribution in [0.4, 0.5) is 4.39 Å². The van der Waals surface area contributed by atoms with Gasteiger partial charge in [-0.3, -0.25) is 0 Å². The standard InChI is InChI=1S/C13H15FN2O4S/c1-3-16(8-9(2)7-15)21(19,20)12-5-4-10(13(17)18)6-11(12)14/h4-6,9H,3,8H2,1-2H3,(H,17,18). The molecule has 0 aliphatic rings. The number of nitriles is 1. The summed E-state index contributed by atoms with van der Waals surface area (Å²) in [7, 11) is -4.12. The number of aromatic carboxylic acids is 1. The smallest absolute Gasteiger partial charge is 0.335 e. The van der Waals surface area contributed by atoms with Gasteiger partial charge in [0.1, 0.15) is 10.7 Å². The van der Waals surface area contributed by atoms with Crippen LogP contribution >= 0.6 is 0 Å². The SMILES string of the molecule is CCN(CC(C)C#N)S(=O)(=O)c1ccc(C(=O)O)cc1F. The summed E-state index contributed by atoms with van der Waals surface area (Å²) < 4.78 is 39.6. The first-order chi connectivity index (χ1) is 9.73. The molecular weight excluding hydrogens is 299 g/mol. The van der Waals surface area contributed by atoms with Crippen molar-refractivity contribution in [1.29, 1.82) is 5.26 Å². The van der Waals surface area contributed by atoms with Crippen LogP contribution in [-0.4, -0.2) is 36.9 Å². The van der Waals surface area contributed by atoms with Crippen molar-refractivity contribution in [2.75, 3.05) is 13.1 Å². The molecule has 0 fully saturated rings. The highest BCUT2D eigenvalue weighted by Crippen LogP contribution is 2.21. The maximum atomic E-state index is 13.9. The fourth-order valence-electron chi connectivity index (χ4n) is 1.73. The average Bonchev–Trinajstić information content (AvgIpc) is 2.43. The molecular formula is C13H15FN2O4S. The molecule has 8 heteroatoms. The Morgan fingerprint density at radius 1 is 1.52 bits per heavy atom. The largest absolute Gasteiger partial charge is 0.478 e. The number of hydrogen-bond acceptors (Lipinski definition) is 4. The van der Waals surface area contributed by atoms with E-state index in [-0.39, 0.29) is 18.7 Å². The zero-order valence-electron chi connectivity index (χ0n) is 11.6. The Bertz CT molecular complexity index is 682. The topological polar surface area (TPSA) is 98.5 Å². The van der Waals surface area contributed by atoms with Gasteiger partial charge in [-0.25, -0.2) is 17.6 Å². The van der Waals surface area contributed by atoms with Gasteiger partial charge in [0.25, 0.3) is 0 Å². The van der Waals surface area contributed by atoms with Gasteiger partial charge >= 0.3 is 5.97 Å². The van der Waals surface area contributed by atoms with Gasteiger partial charge in [-0.2, -0.15) is 9.57 Å². The van der Waals surface area contributed by atoms with E-state index in [4.69, 9.17) is 10.4 Å². The van der Waals surface area contributed by atoms with E-state index < -0.39 is 32.6 Å². The van der Waals surface area contributed by atoms with Crippen molar-refractivity contribution in [3.8, 4) is 6.07 Å². The second kappa shape index (κ2) is 6.65. The molecule has 0 aliphatic heterocycles. The third kappa shape index (κ3) is 3.77. The number of rotatable bonds is 6. The van der Waals surface area contributed by atoms with Crippen molar-refractivity contribution in [3.05, 3.63) is 29.6 Å². The molecule has 0 spiro atoms. The van der Waals surface area contributed by atoms with Crippen LogP contribution in [0.3, 0.4) is 0 Å². The van der Waals surface area contributed by atoms with Crippen LogP contribution in [0.1, 0.15) is 24.2 Å². The Labute approximate surface area is 122 Å². The van der Waals surface area contributed by atoms with Crippen molar-refractivity contribution < 1.29 is 22.7 Å². The number of benzene rings is 1. The zero-order chi connectivity index (χ0) is 16.2. The van der Waals surface area contributed by atoms with Gasteiger partial charge in [-0.05, 0) is 25.1 Å². The van der Waals surface area contributed by atoms with Gasteiger partial charge in [0.05, 0.1) is 17.6 Å². The van der Waals surface area contributed by atoms with Crippen LogP contribution in [0, 0.1) is 23.1 Å². The van der Waals surface area contributed by atoms with Crippen molar-refractivity contribution in [2.24, 2.45) is 5.92 Å². The molecule has 1 atom stereocenters. The lowest BCUT2D eigenvalue weighted by Gasteiger charge is -2.21. The minimum absolute atomic E-state index is 0.0601. The molecule has 1 aromatic carbocycles. The van der Waals surface area contributed by atoms with Crippen LogP contribution in [0.2, 0.25) is 0 Å². The predicted molar refractivity (Wildman–Crippen MR) is 72.6 cm³/mol. The minimum Gasteiger partial charge on any atom is -0.478 e. The first kappa shape index (κ1) is 17.1. The van der Waals surface area contributed by atoms with Gasteiger partial charge in [-0.15, -0.1) is 0 Å². The lowest BCUT2D eigenvalue weighted by Crippen LogP contribution is -2.34. The van der Waals surface area contributed by atoms with Gasteiger partial charge in [-0.1, -0.05) is 6.92 Å². The maximum Gasteiger partial charge on any atom is 0.335 e. The van der Waals surface area contributed by atoms with Gasteiger partial charge in [0, 0.05) is 13.1 Å². The fourth-order valence-corrected chi connectivity index (χ4v) is 3.31. The molecule has 0 heterocycles. The average molecular weight is 314 g/mol. The summed E-state index contributed by atoms with van der Waals surface area (Å²) in [5.74, 6) is -3.01. The van der Waals surface area contributed by atoms with Gasteiger partial charge in [0.2, 0.25) is 10.0 Å². The summed E-state index contributed by atoms with van der Waals surface area (Å²) in [5.41, 5.74) is -0.333. The molecule has 0 radical (unpaired) electrons. The summed E-state index contributed by atoms with van der Waals surface area (Å²) in [5, 5.41) is 17.5. The molecule has 0 aliphatic carbocycles. The second-order valence-electron chi connectivity index (χ2n) is 4.44. The number of carboxylic acids is 1. The van der Waals surface area contributed by atoms with Crippen LogP contribution in [-0.2, 0) is 10.0 Å². The normalized spacial score (nSPS) is 12.9. The molecule has 1 N–H and O–H groups in total. The van der Waals surface area contributed by atoms with E-state index in [2.05, 4.69) is 0 Å². The molecule has 1 aromatic rings. The van der Waals surface area contributed by atoms with Crippen molar-refractivity contribution in [1.82, 2.24) is 4.31 Å². The molecule has 114 valence electrons. The van der Waals surface area contributed by atoms with E-state index in [9.17, 15) is 17.6 Å². The van der Waals surface area contributed by atoms with Gasteiger partial charge in [0.15, 0.2) is 0 Å². The van der Waals surface area contributed by atoms with E-state index in [0.29, 0.717) is 6.07 Å². The first-order valence-electron chi connectivity index (χ1n) is 6.16. The summed E-state index contributed by atoms with van der Waals surface area (Å²) in [6.45, 7) is 3.15. The lowest BCUT2D eigenvalue weighted by molar-refractivity contribution is 0.0696. The van der Waals surface area contributed by atoms with Crippen molar-refractivity contribution in [2.45, 2.75) is 18.7 Å². The Morgan fingerprint density at radius 3 is 2.57 bits per heavy atom. The molecule has 0 bridgehead atoms. The molecule has 21 heavy (non-hydrogen) atoms. The summed E-state index contributed by atoms with van der Waals surface area (Å²) in [4.78, 5) is 10.1. The summed E-state index contributed by atoms with van der Waals surface area (Å²) >= 11 is 0. The van der Waals surface area contributed by atoms with Crippen molar-refractivity contribution in [3.63, 3.8) is 0 Å². The molecule has 0 saturated heterocycles. The third-order valence-electron chi connectivity index (χ3n) is 2.85. The fraction of sp³-hybridized carbons (Fsp3) is 0.385. The van der Waals surface area contributed by atoms with E-state index >= 15 is 0 Å². The third-order valence-corrected chi connectivity index (χ3v) is 4.82. The molecule has 0 aromatic heterocycles. The monoisotopic (exact) mass is 314 g/mol. The summed E-state index contributed by atoms with van der Waals surface area (Å²) in [6.07, 6.45) is 0. The predicted octanol–water partition coefficient (Wildman–Crippen LogP) is 1.69. The Kier molecular flexibility index (Phi) is 5.41. The Hall–Kier alpha value is -1.98. The molecule has 0 amide bonds. The number of sulfonamides is 1. The van der Waals surface area contributed by atoms with Crippen LogP contribution in [0.15, 0.2) is 23.1 Å². The molecule has 1 rings (SSSR count). The number of nitrogens with zero attached hydrogens (tertiary/aromatic N) is 2. The summed E-state index contributed by atoms with van der Waals surface area (Å²) in [6, 6.07) is 4.53. The maximum absolute atomic E-state index is 13.9. The number of hydrogen-bond donors (Lipinski definition) is 1. The van der Waals surface area contributed by atoms with Crippen LogP contribution < -0.4 is 0 Å². The number of halogens is 1. The highest BCUT2D eigenvalue weighted by Gasteiger charge is 2.28. The van der Waals surface area contributed by atoms with E-state index in [1.165, 1.54) is 0 Å². The highest BCUT2D eigenvalue weighted by molar-refractivity contribution is 7.89. The zero-order valence-corrected chi connectivity index (χ0v) is 12.4. The quantitative estimate of drug-likeness (QED) is 0.861. The molecule has 0 saturated carbocycles. The first-order valence-corrected chi connectivity index (χ1v) is 7.60. The van der Waals surface area contributed by atoms with Crippen molar-refractivity contribution >= 4 is 16.0 Å². The van der Waals surface area contributed by atoms with Crippen LogP contribution in [0.5, 0.6) is 0 Å². The Morgan fingerprint density at radius 2 is 2.14 bits per heavy atom.